The maximum atomic E-state index is 10.6. The molecule has 0 aliphatic heterocycles. The van der Waals surface area contributed by atoms with E-state index in [1.165, 1.54) is 0 Å². The van der Waals surface area contributed by atoms with E-state index in [0.717, 1.165) is 0 Å². The molecule has 0 spiro atoms. The van der Waals surface area contributed by atoms with Gasteiger partial charge in [-0.25, -0.2) is 19.2 Å². The van der Waals surface area contributed by atoms with Crippen molar-refractivity contribution in [1.82, 2.24) is 0 Å². The van der Waals surface area contributed by atoms with Gasteiger partial charge in [0.15, 0.2) is 24.4 Å². The van der Waals surface area contributed by atoms with Crippen molar-refractivity contribution < 1.29 is 88.7 Å². The molecule has 18 nitrogen and oxygen atoms in total. The third kappa shape index (κ3) is 15.5. The molecule has 0 aromatic rings. The van der Waals surface area contributed by atoms with E-state index in [9.17, 15) is 38.4 Å². The number of carbonyl (C=O) groups is 8. The van der Waals surface area contributed by atoms with Crippen LogP contribution in [-0.2, 0) is 47.8 Å². The number of aliphatic carboxylic acids is 8. The van der Waals surface area contributed by atoms with Gasteiger partial charge in [0, 0.05) is 0 Å². The number of rotatable bonds is 16. The second-order valence-corrected chi connectivity index (χ2v) is 5.97. The lowest BCUT2D eigenvalue weighted by Gasteiger charge is -2.16. The van der Waals surface area contributed by atoms with Crippen molar-refractivity contribution >= 4 is 47.8 Å². The van der Waals surface area contributed by atoms with E-state index < -0.39 is 97.9 Å². The predicted molar refractivity (Wildman–Crippen MR) is 96.9 cm³/mol. The largest absolute Gasteiger partial charge is 0.481 e. The Morgan fingerprint density at radius 1 is 0.382 bits per heavy atom. The van der Waals surface area contributed by atoms with Crippen molar-refractivity contribution in [3.05, 3.63) is 0 Å². The molecular formula is C16H20O18. The first-order valence-corrected chi connectivity index (χ1v) is 8.57. The molecule has 0 radical (unpaired) electrons. The van der Waals surface area contributed by atoms with Crippen LogP contribution in [0.2, 0.25) is 0 Å². The highest BCUT2D eigenvalue weighted by molar-refractivity contribution is 5.83. The molecule has 192 valence electrons. The summed E-state index contributed by atoms with van der Waals surface area (Å²) in [6.45, 7) is 0. The van der Waals surface area contributed by atoms with Crippen molar-refractivity contribution in [2.75, 3.05) is 0 Å². The molecule has 18 heteroatoms. The monoisotopic (exact) mass is 500 g/mol. The maximum absolute atomic E-state index is 10.6. The summed E-state index contributed by atoms with van der Waals surface area (Å²) >= 11 is 0. The van der Waals surface area contributed by atoms with Crippen LogP contribution < -0.4 is 0 Å². The lowest BCUT2D eigenvalue weighted by Crippen LogP contribution is -2.36. The van der Waals surface area contributed by atoms with Gasteiger partial charge in [-0.2, -0.15) is 0 Å². The molecule has 0 saturated heterocycles. The number of ether oxygens (including phenoxy) is 2. The minimum atomic E-state index is -1.91. The normalized spacial score (nSPS) is 13.6. The summed E-state index contributed by atoms with van der Waals surface area (Å²) in [5, 5.41) is 67.7. The smallest absolute Gasteiger partial charge is 0.333 e. The molecule has 0 aromatic heterocycles. The van der Waals surface area contributed by atoms with Crippen LogP contribution >= 0.6 is 0 Å². The zero-order valence-electron chi connectivity index (χ0n) is 16.8. The summed E-state index contributed by atoms with van der Waals surface area (Å²) in [5.74, 6) is -12.7. The Balaban J connectivity index is 0. The molecule has 0 aromatic carbocycles. The highest BCUT2D eigenvalue weighted by atomic mass is 16.6. The van der Waals surface area contributed by atoms with Gasteiger partial charge in [-0.05, 0) is 0 Å². The summed E-state index contributed by atoms with van der Waals surface area (Å²) < 4.78 is 8.87. The van der Waals surface area contributed by atoms with Gasteiger partial charge in [-0.15, -0.1) is 0 Å². The Labute approximate surface area is 187 Å². The van der Waals surface area contributed by atoms with Crippen LogP contribution in [0.3, 0.4) is 0 Å². The zero-order valence-corrected chi connectivity index (χ0v) is 16.8. The molecule has 0 bridgehead atoms. The third-order valence-electron chi connectivity index (χ3n) is 3.20. The molecule has 4 atom stereocenters. The average Bonchev–Trinajstić information content (AvgIpc) is 2.64. The maximum Gasteiger partial charge on any atom is 0.333 e. The fourth-order valence-corrected chi connectivity index (χ4v) is 1.81. The van der Waals surface area contributed by atoms with E-state index >= 15 is 0 Å². The van der Waals surface area contributed by atoms with Crippen LogP contribution in [0.15, 0.2) is 0 Å². The highest BCUT2D eigenvalue weighted by Gasteiger charge is 2.32. The van der Waals surface area contributed by atoms with Crippen LogP contribution in [-0.4, -0.2) is 113 Å². The van der Waals surface area contributed by atoms with E-state index in [-0.39, 0.29) is 0 Å². The predicted octanol–water partition coefficient (Wildman–Crippen LogP) is -2.28. The van der Waals surface area contributed by atoms with E-state index in [1.54, 1.807) is 0 Å². The zero-order chi connectivity index (χ0) is 27.2. The Morgan fingerprint density at radius 3 is 0.618 bits per heavy atom. The molecule has 8 N–H and O–H groups in total. The molecule has 0 aliphatic rings. The lowest BCUT2D eigenvalue weighted by atomic mass is 10.2. The average molecular weight is 500 g/mol. The standard InChI is InChI=1S/2C8H10O9/c2*9-5(10)1-3(7(13)14)17-4(8(15)16)2-6(11)12/h2*3-4H,1-2H2,(H,9,10)(H,11,12)(H,13,14)(H,15,16). The first kappa shape index (κ1) is 31.9. The van der Waals surface area contributed by atoms with Crippen molar-refractivity contribution in [3.8, 4) is 0 Å². The van der Waals surface area contributed by atoms with Gasteiger partial charge in [-0.1, -0.05) is 0 Å². The summed E-state index contributed by atoms with van der Waals surface area (Å²) in [6.07, 6.45) is -11.5. The minimum Gasteiger partial charge on any atom is -0.481 e. The topological polar surface area (TPSA) is 317 Å². The number of carboxylic acid groups (broad SMARTS) is 8. The van der Waals surface area contributed by atoms with Gasteiger partial charge in [0.1, 0.15) is 0 Å². The van der Waals surface area contributed by atoms with Gasteiger partial charge in [0.25, 0.3) is 0 Å². The number of hydrogen-bond donors (Lipinski definition) is 8. The number of carboxylic acids is 8. The summed E-state index contributed by atoms with van der Waals surface area (Å²) in [4.78, 5) is 83.3. The summed E-state index contributed by atoms with van der Waals surface area (Å²) in [6, 6.07) is 0. The molecule has 0 heterocycles. The van der Waals surface area contributed by atoms with Crippen molar-refractivity contribution in [2.24, 2.45) is 0 Å². The van der Waals surface area contributed by atoms with Crippen LogP contribution in [0, 0.1) is 0 Å². The third-order valence-corrected chi connectivity index (χ3v) is 3.20. The quantitative estimate of drug-likeness (QED) is 0.110. The second-order valence-electron chi connectivity index (χ2n) is 5.97. The van der Waals surface area contributed by atoms with Gasteiger partial charge >= 0.3 is 47.8 Å². The Kier molecular flexibility index (Phi) is 14.5. The second kappa shape index (κ2) is 15.5. The highest BCUT2D eigenvalue weighted by Crippen LogP contribution is 2.09. The molecule has 0 saturated carbocycles. The van der Waals surface area contributed by atoms with Gasteiger partial charge < -0.3 is 50.3 Å². The van der Waals surface area contributed by atoms with Gasteiger partial charge in [0.05, 0.1) is 25.7 Å². The molecule has 34 heavy (non-hydrogen) atoms. The van der Waals surface area contributed by atoms with Crippen LogP contribution in [0.25, 0.3) is 0 Å². The SMILES string of the molecule is O=C(O)CC(OC(CC(=O)O)C(=O)O)C(=O)O.O=C(O)CC(OC(CC(=O)O)C(=O)O)C(=O)O. The van der Waals surface area contributed by atoms with Gasteiger partial charge in [-0.3, -0.25) is 19.2 Å². The number of hydrogen-bond acceptors (Lipinski definition) is 10. The van der Waals surface area contributed by atoms with Crippen molar-refractivity contribution in [2.45, 2.75) is 50.1 Å². The molecular weight excluding hydrogens is 480 g/mol. The van der Waals surface area contributed by atoms with Crippen molar-refractivity contribution in [3.63, 3.8) is 0 Å². The molecule has 0 aliphatic carbocycles. The van der Waals surface area contributed by atoms with Crippen molar-refractivity contribution in [1.29, 1.82) is 0 Å². The lowest BCUT2D eigenvalue weighted by molar-refractivity contribution is -0.173. The van der Waals surface area contributed by atoms with E-state index in [0.29, 0.717) is 0 Å². The van der Waals surface area contributed by atoms with Gasteiger partial charge in [0.2, 0.25) is 0 Å². The Bertz CT molecular complexity index is 670. The molecule has 0 rings (SSSR count). The first-order chi connectivity index (χ1) is 15.5. The minimum absolute atomic E-state index is 0.960. The fraction of sp³-hybridized carbons (Fsp3) is 0.500. The first-order valence-electron chi connectivity index (χ1n) is 8.57. The van der Waals surface area contributed by atoms with E-state index in [4.69, 9.17) is 40.9 Å². The van der Waals surface area contributed by atoms with E-state index in [1.807, 2.05) is 0 Å². The molecule has 4 unspecified atom stereocenters. The van der Waals surface area contributed by atoms with Crippen LogP contribution in [0.1, 0.15) is 25.7 Å². The molecule has 0 amide bonds. The Hall–Kier alpha value is -4.32. The summed E-state index contributed by atoms with van der Waals surface area (Å²) in [5.41, 5.74) is 0. The van der Waals surface area contributed by atoms with E-state index in [2.05, 4.69) is 9.47 Å². The fourth-order valence-electron chi connectivity index (χ4n) is 1.81. The Morgan fingerprint density at radius 2 is 0.529 bits per heavy atom. The molecule has 0 fully saturated rings. The summed E-state index contributed by atoms with van der Waals surface area (Å²) in [7, 11) is 0. The van der Waals surface area contributed by atoms with Crippen LogP contribution in [0.5, 0.6) is 0 Å². The van der Waals surface area contributed by atoms with Crippen LogP contribution in [0.4, 0.5) is 0 Å².